The van der Waals surface area contributed by atoms with Gasteiger partial charge in [-0.1, -0.05) is 179 Å². The molecule has 0 spiro atoms. The molecule has 0 heterocycles. The SMILES string of the molecule is CCCCCCC/C=C/CC/C=C/CC/C=C/C(O)C(CS(=O)(=O)O)NC(=O)C(O)CCCCCCCCCCCCCCCCCC. The van der Waals surface area contributed by atoms with Gasteiger partial charge >= 0.3 is 0 Å². The smallest absolute Gasteiger partial charge is 0.267 e. The first-order valence-electron chi connectivity index (χ1n) is 19.8. The van der Waals surface area contributed by atoms with E-state index in [1.807, 2.05) is 0 Å². The van der Waals surface area contributed by atoms with Gasteiger partial charge in [-0.15, -0.1) is 0 Å². The number of rotatable bonds is 35. The quantitative estimate of drug-likeness (QED) is 0.0297. The second kappa shape index (κ2) is 34.0. The van der Waals surface area contributed by atoms with Gasteiger partial charge in [-0.2, -0.15) is 8.42 Å². The molecular formula is C40H75NO6S. The fourth-order valence-corrected chi connectivity index (χ4v) is 6.57. The number of allylic oxidation sites excluding steroid dienone is 5. The number of aliphatic hydroxyl groups is 2. The molecular weight excluding hydrogens is 623 g/mol. The Labute approximate surface area is 296 Å². The Kier molecular flexibility index (Phi) is 32.9. The summed E-state index contributed by atoms with van der Waals surface area (Å²) < 4.78 is 32.4. The molecule has 0 aromatic carbocycles. The van der Waals surface area contributed by atoms with Crippen LogP contribution in [0.25, 0.3) is 0 Å². The lowest BCUT2D eigenvalue weighted by Gasteiger charge is -2.22. The summed E-state index contributed by atoms with van der Waals surface area (Å²) >= 11 is 0. The summed E-state index contributed by atoms with van der Waals surface area (Å²) in [6.07, 6.45) is 40.5. The molecule has 0 saturated carbocycles. The van der Waals surface area contributed by atoms with Crippen LogP contribution in [0.3, 0.4) is 0 Å². The van der Waals surface area contributed by atoms with Crippen LogP contribution in [0.2, 0.25) is 0 Å². The van der Waals surface area contributed by atoms with E-state index in [4.69, 9.17) is 0 Å². The molecule has 48 heavy (non-hydrogen) atoms. The van der Waals surface area contributed by atoms with Gasteiger partial charge in [0.25, 0.3) is 10.1 Å². The second-order valence-corrected chi connectivity index (χ2v) is 15.2. The maximum atomic E-state index is 12.6. The van der Waals surface area contributed by atoms with E-state index in [0.29, 0.717) is 12.8 Å². The van der Waals surface area contributed by atoms with Crippen LogP contribution in [-0.2, 0) is 14.9 Å². The zero-order chi connectivity index (χ0) is 35.6. The van der Waals surface area contributed by atoms with Gasteiger partial charge in [-0.3, -0.25) is 9.35 Å². The third-order valence-electron chi connectivity index (χ3n) is 8.90. The first-order chi connectivity index (χ1) is 23.2. The molecule has 8 heteroatoms. The molecule has 7 nitrogen and oxygen atoms in total. The van der Waals surface area contributed by atoms with Gasteiger partial charge in [0.2, 0.25) is 5.91 Å². The lowest BCUT2D eigenvalue weighted by Crippen LogP contribution is -2.50. The monoisotopic (exact) mass is 698 g/mol. The van der Waals surface area contributed by atoms with Crippen LogP contribution in [-0.4, -0.2) is 53.1 Å². The molecule has 0 bridgehead atoms. The van der Waals surface area contributed by atoms with E-state index in [-0.39, 0.29) is 6.42 Å². The van der Waals surface area contributed by atoms with Crippen molar-refractivity contribution in [1.82, 2.24) is 5.32 Å². The third-order valence-corrected chi connectivity index (χ3v) is 9.69. The van der Waals surface area contributed by atoms with E-state index >= 15 is 0 Å². The first kappa shape index (κ1) is 46.5. The van der Waals surface area contributed by atoms with Crippen LogP contribution in [0.5, 0.6) is 0 Å². The van der Waals surface area contributed by atoms with Crippen LogP contribution < -0.4 is 5.32 Å². The predicted octanol–water partition coefficient (Wildman–Crippen LogP) is 10.3. The number of carbonyl (C=O) groups excluding carboxylic acids is 1. The van der Waals surface area contributed by atoms with E-state index in [1.165, 1.54) is 115 Å². The maximum Gasteiger partial charge on any atom is 0.267 e. The fourth-order valence-electron chi connectivity index (χ4n) is 5.84. The van der Waals surface area contributed by atoms with Crippen molar-refractivity contribution in [3.63, 3.8) is 0 Å². The Morgan fingerprint density at radius 3 is 1.38 bits per heavy atom. The molecule has 3 atom stereocenters. The Hall–Kier alpha value is -1.48. The molecule has 0 fully saturated rings. The molecule has 0 rings (SSSR count). The Bertz CT molecular complexity index is 917. The molecule has 0 aromatic heterocycles. The number of nitrogens with one attached hydrogen (secondary N) is 1. The molecule has 0 radical (unpaired) electrons. The summed E-state index contributed by atoms with van der Waals surface area (Å²) in [5.41, 5.74) is 0. The first-order valence-corrected chi connectivity index (χ1v) is 21.4. The van der Waals surface area contributed by atoms with Crippen LogP contribution in [0.15, 0.2) is 36.5 Å². The maximum absolute atomic E-state index is 12.6. The third kappa shape index (κ3) is 33.0. The van der Waals surface area contributed by atoms with Gasteiger partial charge in [-0.25, -0.2) is 0 Å². The molecule has 0 aliphatic carbocycles. The van der Waals surface area contributed by atoms with Crippen molar-refractivity contribution >= 4 is 16.0 Å². The molecule has 0 saturated heterocycles. The second-order valence-electron chi connectivity index (χ2n) is 13.7. The average Bonchev–Trinajstić information content (AvgIpc) is 3.05. The Morgan fingerprint density at radius 1 is 0.562 bits per heavy atom. The summed E-state index contributed by atoms with van der Waals surface area (Å²) in [5.74, 6) is -1.56. The molecule has 282 valence electrons. The van der Waals surface area contributed by atoms with Crippen molar-refractivity contribution in [1.29, 1.82) is 0 Å². The topological polar surface area (TPSA) is 124 Å². The van der Waals surface area contributed by atoms with Crippen molar-refractivity contribution < 1.29 is 28.0 Å². The standard InChI is InChI=1S/C40H75NO6S/c1-3-5-7-9-11-13-15-17-19-21-23-25-27-29-31-33-35-39(43)40(44)41-37(36-48(45,46)47)38(42)34-32-30-28-26-24-22-20-18-16-14-12-10-8-6-4-2/h16,18,24,26,32,34,37-39,42-43H,3-15,17,19-23,25,27-31,33,35-36H2,1-2H3,(H,41,44)(H,45,46,47)/b18-16+,26-24+,34-32+. The van der Waals surface area contributed by atoms with Crippen LogP contribution >= 0.6 is 0 Å². The van der Waals surface area contributed by atoms with Crippen molar-refractivity contribution in [2.75, 3.05) is 5.75 Å². The molecule has 0 aromatic rings. The summed E-state index contributed by atoms with van der Waals surface area (Å²) in [6.45, 7) is 4.49. The minimum atomic E-state index is -4.45. The molecule has 4 N–H and O–H groups in total. The Morgan fingerprint density at radius 2 is 0.938 bits per heavy atom. The number of hydrogen-bond donors (Lipinski definition) is 4. The minimum Gasteiger partial charge on any atom is -0.387 e. The predicted molar refractivity (Wildman–Crippen MR) is 204 cm³/mol. The van der Waals surface area contributed by atoms with Crippen molar-refractivity contribution in [2.45, 2.75) is 205 Å². The van der Waals surface area contributed by atoms with Gasteiger partial charge in [0.1, 0.15) is 6.10 Å². The van der Waals surface area contributed by atoms with Crippen molar-refractivity contribution in [3.05, 3.63) is 36.5 Å². The number of hydrogen-bond acceptors (Lipinski definition) is 5. The molecule has 0 aliphatic heterocycles. The zero-order valence-corrected chi connectivity index (χ0v) is 31.8. The van der Waals surface area contributed by atoms with Gasteiger partial charge < -0.3 is 15.5 Å². The van der Waals surface area contributed by atoms with Gasteiger partial charge in [0.15, 0.2) is 0 Å². The summed E-state index contributed by atoms with van der Waals surface area (Å²) in [6, 6.07) is -1.25. The number of unbranched alkanes of at least 4 members (excludes halogenated alkanes) is 22. The van der Waals surface area contributed by atoms with Gasteiger partial charge in [-0.05, 0) is 44.9 Å². The zero-order valence-electron chi connectivity index (χ0n) is 31.0. The highest BCUT2D eigenvalue weighted by Gasteiger charge is 2.27. The highest BCUT2D eigenvalue weighted by Crippen LogP contribution is 2.15. The van der Waals surface area contributed by atoms with E-state index in [2.05, 4.69) is 43.5 Å². The van der Waals surface area contributed by atoms with Gasteiger partial charge in [0, 0.05) is 0 Å². The number of aliphatic hydroxyl groups excluding tert-OH is 2. The summed E-state index contributed by atoms with van der Waals surface area (Å²) in [7, 11) is -4.45. The normalized spacial score (nSPS) is 14.4. The number of carbonyl (C=O) groups is 1. The minimum absolute atomic E-state index is 0.274. The van der Waals surface area contributed by atoms with Crippen molar-refractivity contribution in [2.24, 2.45) is 0 Å². The largest absolute Gasteiger partial charge is 0.387 e. The van der Waals surface area contributed by atoms with E-state index < -0.39 is 40.0 Å². The molecule has 0 aliphatic rings. The van der Waals surface area contributed by atoms with E-state index in [1.54, 1.807) is 6.08 Å². The number of amides is 1. The van der Waals surface area contributed by atoms with Crippen LogP contribution in [0.1, 0.15) is 187 Å². The highest BCUT2D eigenvalue weighted by atomic mass is 32.2. The highest BCUT2D eigenvalue weighted by molar-refractivity contribution is 7.85. The van der Waals surface area contributed by atoms with Crippen LogP contribution in [0, 0.1) is 0 Å². The summed E-state index contributed by atoms with van der Waals surface area (Å²) in [5, 5.41) is 23.3. The summed E-state index contributed by atoms with van der Waals surface area (Å²) in [4.78, 5) is 12.6. The average molecular weight is 698 g/mol. The fraction of sp³-hybridized carbons (Fsp3) is 0.825. The lowest BCUT2D eigenvalue weighted by molar-refractivity contribution is -0.130. The van der Waals surface area contributed by atoms with Crippen LogP contribution in [0.4, 0.5) is 0 Å². The lowest BCUT2D eigenvalue weighted by atomic mass is 10.0. The van der Waals surface area contributed by atoms with Crippen molar-refractivity contribution in [3.8, 4) is 0 Å². The van der Waals surface area contributed by atoms with E-state index in [0.717, 1.165) is 44.9 Å². The molecule has 3 unspecified atom stereocenters. The Balaban J connectivity index is 4.12. The van der Waals surface area contributed by atoms with Gasteiger partial charge in [0.05, 0.1) is 17.9 Å². The molecule has 1 amide bonds. The van der Waals surface area contributed by atoms with E-state index in [9.17, 15) is 28.0 Å².